The molecule has 0 amide bonds. The van der Waals surface area contributed by atoms with Crippen LogP contribution in [-0.2, 0) is 0 Å². The molecule has 2 heterocycles. The molecule has 2 aromatic rings. The number of halogens is 1. The van der Waals surface area contributed by atoms with Gasteiger partial charge in [-0.1, -0.05) is 22.9 Å². The fourth-order valence-corrected chi connectivity index (χ4v) is 2.23. The van der Waals surface area contributed by atoms with Gasteiger partial charge in [0.05, 0.1) is 11.4 Å². The normalized spacial score (nSPS) is 10.2. The monoisotopic (exact) mass is 269 g/mol. The van der Waals surface area contributed by atoms with Crippen LogP contribution in [-0.4, -0.2) is 21.0 Å². The smallest absolute Gasteiger partial charge is 0.347 e. The summed E-state index contributed by atoms with van der Waals surface area (Å²) in [5.41, 5.74) is 1.07. The third kappa shape index (κ3) is 2.54. The first-order valence-corrected chi connectivity index (χ1v) is 5.85. The van der Waals surface area contributed by atoms with Crippen LogP contribution in [0.1, 0.15) is 15.4 Å². The minimum absolute atomic E-state index is 0.215. The van der Waals surface area contributed by atoms with E-state index in [9.17, 15) is 4.79 Å². The molecule has 0 aliphatic carbocycles. The fraction of sp³-hybridized carbons (Fsp3) is 0.100. The molecule has 2 aromatic heterocycles. The molecule has 2 N–H and O–H groups in total. The molecule has 7 heteroatoms. The molecule has 0 aromatic carbocycles. The number of hydrogen-bond donors (Lipinski definition) is 2. The van der Waals surface area contributed by atoms with Gasteiger partial charge >= 0.3 is 5.97 Å². The van der Waals surface area contributed by atoms with Crippen LogP contribution in [0.15, 0.2) is 18.3 Å². The highest BCUT2D eigenvalue weighted by Gasteiger charge is 2.14. The van der Waals surface area contributed by atoms with E-state index in [1.807, 2.05) is 0 Å². The average Bonchev–Trinajstić information content (AvgIpc) is 2.63. The average molecular weight is 270 g/mol. The van der Waals surface area contributed by atoms with Crippen molar-refractivity contribution in [1.82, 2.24) is 9.97 Å². The highest BCUT2D eigenvalue weighted by molar-refractivity contribution is 7.17. The Hall–Kier alpha value is -1.66. The van der Waals surface area contributed by atoms with Crippen LogP contribution < -0.4 is 5.32 Å². The Labute approximate surface area is 106 Å². The summed E-state index contributed by atoms with van der Waals surface area (Å²) < 4.78 is 0. The number of aromatic nitrogens is 2. The molecule has 0 fully saturated rings. The maximum absolute atomic E-state index is 10.9. The Morgan fingerprint density at radius 2 is 2.35 bits per heavy atom. The van der Waals surface area contributed by atoms with Crippen LogP contribution >= 0.6 is 22.9 Å². The van der Waals surface area contributed by atoms with Crippen molar-refractivity contribution in [3.63, 3.8) is 0 Å². The number of thiazole rings is 1. The van der Waals surface area contributed by atoms with Gasteiger partial charge in [0, 0.05) is 6.20 Å². The number of pyridine rings is 1. The fourth-order valence-electron chi connectivity index (χ4n) is 1.24. The first-order valence-electron chi connectivity index (χ1n) is 4.66. The van der Waals surface area contributed by atoms with Crippen molar-refractivity contribution in [2.45, 2.75) is 6.92 Å². The molecule has 88 valence electrons. The number of carboxylic acid groups (broad SMARTS) is 1. The number of anilines is 2. The van der Waals surface area contributed by atoms with Crippen LogP contribution in [0, 0.1) is 6.92 Å². The molecule has 0 atom stereocenters. The third-order valence-corrected chi connectivity index (χ3v) is 3.35. The van der Waals surface area contributed by atoms with Gasteiger partial charge in [0.15, 0.2) is 10.3 Å². The van der Waals surface area contributed by atoms with Gasteiger partial charge in [-0.05, 0) is 19.1 Å². The van der Waals surface area contributed by atoms with E-state index in [1.54, 1.807) is 25.3 Å². The first-order chi connectivity index (χ1) is 8.08. The zero-order chi connectivity index (χ0) is 12.4. The van der Waals surface area contributed by atoms with E-state index in [2.05, 4.69) is 15.3 Å². The molecule has 0 unspecified atom stereocenters. The maximum Gasteiger partial charge on any atom is 0.347 e. The van der Waals surface area contributed by atoms with Crippen LogP contribution in [0.3, 0.4) is 0 Å². The number of rotatable bonds is 3. The summed E-state index contributed by atoms with van der Waals surface area (Å²) in [6.45, 7) is 1.65. The molecule has 0 bridgehead atoms. The Kier molecular flexibility index (Phi) is 3.26. The third-order valence-electron chi connectivity index (χ3n) is 1.99. The SMILES string of the molecule is Cc1nc(Nc2cccnc2Cl)sc1C(=O)O. The van der Waals surface area contributed by atoms with Crippen molar-refractivity contribution in [2.24, 2.45) is 0 Å². The summed E-state index contributed by atoms with van der Waals surface area (Å²) in [5, 5.41) is 12.6. The topological polar surface area (TPSA) is 75.1 Å². The van der Waals surface area contributed by atoms with Gasteiger partial charge in [0.25, 0.3) is 0 Å². The lowest BCUT2D eigenvalue weighted by Gasteiger charge is -2.02. The molecule has 0 radical (unpaired) electrons. The molecular formula is C10H8ClN3O2S. The van der Waals surface area contributed by atoms with Crippen molar-refractivity contribution in [3.05, 3.63) is 34.1 Å². The van der Waals surface area contributed by atoms with E-state index < -0.39 is 5.97 Å². The van der Waals surface area contributed by atoms with E-state index in [1.165, 1.54) is 0 Å². The van der Waals surface area contributed by atoms with Gasteiger partial charge in [-0.3, -0.25) is 0 Å². The molecule has 0 aliphatic heterocycles. The lowest BCUT2D eigenvalue weighted by atomic mass is 10.4. The van der Waals surface area contributed by atoms with Gasteiger partial charge in [0.1, 0.15) is 4.88 Å². The van der Waals surface area contributed by atoms with Gasteiger partial charge in [-0.15, -0.1) is 0 Å². The number of carbonyl (C=O) groups is 1. The van der Waals surface area contributed by atoms with Gasteiger partial charge in [-0.2, -0.15) is 0 Å². The second-order valence-electron chi connectivity index (χ2n) is 3.21. The van der Waals surface area contributed by atoms with Crippen LogP contribution in [0.5, 0.6) is 0 Å². The van der Waals surface area contributed by atoms with Crippen LogP contribution in [0.4, 0.5) is 10.8 Å². The predicted octanol–water partition coefficient (Wildman–Crippen LogP) is 2.94. The zero-order valence-electron chi connectivity index (χ0n) is 8.77. The van der Waals surface area contributed by atoms with Crippen molar-refractivity contribution in [2.75, 3.05) is 5.32 Å². The second-order valence-corrected chi connectivity index (χ2v) is 4.56. The van der Waals surface area contributed by atoms with Crippen molar-refractivity contribution < 1.29 is 9.90 Å². The highest BCUT2D eigenvalue weighted by atomic mass is 35.5. The predicted molar refractivity (Wildman–Crippen MR) is 66.3 cm³/mol. The largest absolute Gasteiger partial charge is 0.477 e. The van der Waals surface area contributed by atoms with E-state index in [0.717, 1.165) is 11.3 Å². The van der Waals surface area contributed by atoms with Gasteiger partial charge in [-0.25, -0.2) is 14.8 Å². The number of aromatic carboxylic acids is 1. The maximum atomic E-state index is 10.9. The molecule has 5 nitrogen and oxygen atoms in total. The summed E-state index contributed by atoms with van der Waals surface area (Å²) >= 11 is 6.93. The van der Waals surface area contributed by atoms with E-state index in [4.69, 9.17) is 16.7 Å². The summed E-state index contributed by atoms with van der Waals surface area (Å²) in [7, 11) is 0. The highest BCUT2D eigenvalue weighted by Crippen LogP contribution is 2.28. The van der Waals surface area contributed by atoms with Crippen molar-refractivity contribution in [1.29, 1.82) is 0 Å². The van der Waals surface area contributed by atoms with Gasteiger partial charge < -0.3 is 10.4 Å². The van der Waals surface area contributed by atoms with Crippen molar-refractivity contribution in [3.8, 4) is 0 Å². The molecule has 0 saturated heterocycles. The first kappa shape index (κ1) is 11.8. The molecule has 0 aliphatic rings. The lowest BCUT2D eigenvalue weighted by molar-refractivity contribution is 0.0701. The van der Waals surface area contributed by atoms with Gasteiger partial charge in [0.2, 0.25) is 0 Å². The standard InChI is InChI=1S/C10H8ClN3O2S/c1-5-7(9(15)16)17-10(13-5)14-6-3-2-4-12-8(6)11/h2-4H,1H3,(H,13,14)(H,15,16). The molecule has 17 heavy (non-hydrogen) atoms. The number of carboxylic acids is 1. The number of aryl methyl sites for hydroxylation is 1. The summed E-state index contributed by atoms with van der Waals surface area (Å²) in [4.78, 5) is 19.1. The van der Waals surface area contributed by atoms with E-state index >= 15 is 0 Å². The quantitative estimate of drug-likeness (QED) is 0.838. The Morgan fingerprint density at radius 3 is 2.94 bits per heavy atom. The van der Waals surface area contributed by atoms with Crippen LogP contribution in [0.25, 0.3) is 0 Å². The van der Waals surface area contributed by atoms with E-state index in [-0.39, 0.29) is 4.88 Å². The summed E-state index contributed by atoms with van der Waals surface area (Å²) in [5.74, 6) is -0.981. The number of nitrogens with zero attached hydrogens (tertiary/aromatic N) is 2. The Morgan fingerprint density at radius 1 is 1.59 bits per heavy atom. The Balaban J connectivity index is 2.28. The lowest BCUT2D eigenvalue weighted by Crippen LogP contribution is -1.94. The van der Waals surface area contributed by atoms with Crippen molar-refractivity contribution >= 4 is 39.7 Å². The second kappa shape index (κ2) is 4.68. The molecular weight excluding hydrogens is 262 g/mol. The van der Waals surface area contributed by atoms with Crippen LogP contribution in [0.2, 0.25) is 5.15 Å². The number of hydrogen-bond acceptors (Lipinski definition) is 5. The summed E-state index contributed by atoms with van der Waals surface area (Å²) in [6, 6.07) is 3.47. The zero-order valence-corrected chi connectivity index (χ0v) is 10.3. The molecule has 0 saturated carbocycles. The minimum atomic E-state index is -0.981. The minimum Gasteiger partial charge on any atom is -0.477 e. The molecule has 2 rings (SSSR count). The molecule has 0 spiro atoms. The van der Waals surface area contributed by atoms with E-state index in [0.29, 0.717) is 21.7 Å². The Bertz CT molecular complexity index is 570. The summed E-state index contributed by atoms with van der Waals surface area (Å²) in [6.07, 6.45) is 1.57. The number of nitrogens with one attached hydrogen (secondary N) is 1.